The maximum atomic E-state index is 12.6. The van der Waals surface area contributed by atoms with Crippen molar-refractivity contribution < 1.29 is 13.2 Å². The quantitative estimate of drug-likeness (QED) is 0.589. The molecule has 0 aliphatic rings. The van der Waals surface area contributed by atoms with Crippen molar-refractivity contribution >= 4 is 10.9 Å². The van der Waals surface area contributed by atoms with Crippen LogP contribution in [0.4, 0.5) is 13.2 Å². The van der Waals surface area contributed by atoms with Crippen LogP contribution < -0.4 is 0 Å². The van der Waals surface area contributed by atoms with E-state index < -0.39 is 11.7 Å². The van der Waals surface area contributed by atoms with Crippen molar-refractivity contribution in [2.75, 3.05) is 0 Å². The zero-order valence-electron chi connectivity index (χ0n) is 11.6. The first-order valence-electron chi connectivity index (χ1n) is 6.55. The average molecular weight is 288 g/mol. The molecule has 107 valence electrons. The summed E-state index contributed by atoms with van der Waals surface area (Å²) in [6.45, 7) is 3.98. The van der Waals surface area contributed by atoms with Gasteiger partial charge in [-0.25, -0.2) is 0 Å². The number of nitrogens with zero attached hydrogens (tertiary/aromatic N) is 1. The van der Waals surface area contributed by atoms with E-state index in [0.717, 1.165) is 40.0 Å². The van der Waals surface area contributed by atoms with E-state index in [-0.39, 0.29) is 0 Å². The number of aryl methyl sites for hydroxylation is 1. The van der Waals surface area contributed by atoms with Gasteiger partial charge in [-0.2, -0.15) is 13.2 Å². The number of fused-ring (bicyclic) bond motifs is 1. The largest absolute Gasteiger partial charge is 0.416 e. The molecule has 0 bridgehead atoms. The molecule has 21 heavy (non-hydrogen) atoms. The minimum absolute atomic E-state index is 0.636. The highest BCUT2D eigenvalue weighted by molar-refractivity contribution is 5.86. The Morgan fingerprint density at radius 1 is 1.00 bits per heavy atom. The third-order valence-electron chi connectivity index (χ3n) is 3.82. The summed E-state index contributed by atoms with van der Waals surface area (Å²) in [5.41, 5.74) is 3.18. The molecule has 2 aromatic carbocycles. The van der Waals surface area contributed by atoms with Gasteiger partial charge >= 0.3 is 6.18 Å². The topological polar surface area (TPSA) is 4.93 Å². The summed E-state index contributed by atoms with van der Waals surface area (Å²) in [5.74, 6) is 0. The standard InChI is InChI=1S/C17H13F3N/c1-11-12(2)21(16-6-4-3-5-15(11)16)14-9-7-13(8-10-14)17(18,19)20/h3,5-10H,1-2H3. The van der Waals surface area contributed by atoms with Crippen molar-refractivity contribution in [3.8, 4) is 5.69 Å². The molecular weight excluding hydrogens is 275 g/mol. The lowest BCUT2D eigenvalue weighted by Crippen LogP contribution is -2.05. The van der Waals surface area contributed by atoms with Gasteiger partial charge in [0, 0.05) is 16.8 Å². The van der Waals surface area contributed by atoms with E-state index in [2.05, 4.69) is 6.07 Å². The Balaban J connectivity index is 2.19. The Kier molecular flexibility index (Phi) is 3.04. The fourth-order valence-corrected chi connectivity index (χ4v) is 2.60. The van der Waals surface area contributed by atoms with E-state index in [1.165, 1.54) is 12.1 Å². The lowest BCUT2D eigenvalue weighted by molar-refractivity contribution is -0.137. The normalized spacial score (nSPS) is 12.0. The molecule has 1 aromatic heterocycles. The predicted molar refractivity (Wildman–Crippen MR) is 76.6 cm³/mol. The van der Waals surface area contributed by atoms with Gasteiger partial charge in [-0.3, -0.25) is 0 Å². The first-order valence-corrected chi connectivity index (χ1v) is 6.55. The van der Waals surface area contributed by atoms with Crippen molar-refractivity contribution in [2.45, 2.75) is 20.0 Å². The molecule has 1 radical (unpaired) electrons. The van der Waals surface area contributed by atoms with Crippen molar-refractivity contribution in [1.82, 2.24) is 4.57 Å². The number of aromatic nitrogens is 1. The lowest BCUT2D eigenvalue weighted by atomic mass is 10.2. The van der Waals surface area contributed by atoms with Gasteiger partial charge < -0.3 is 4.57 Å². The fraction of sp³-hybridized carbons (Fsp3) is 0.176. The van der Waals surface area contributed by atoms with Crippen LogP contribution in [0.3, 0.4) is 0 Å². The number of hydrogen-bond donors (Lipinski definition) is 0. The number of rotatable bonds is 1. The Hall–Kier alpha value is -2.23. The maximum absolute atomic E-state index is 12.6. The number of hydrogen-bond acceptors (Lipinski definition) is 0. The first-order chi connectivity index (χ1) is 9.89. The molecule has 0 N–H and O–H groups in total. The van der Waals surface area contributed by atoms with Crippen molar-refractivity contribution in [3.63, 3.8) is 0 Å². The second kappa shape index (κ2) is 4.65. The van der Waals surface area contributed by atoms with Crippen LogP contribution in [0.5, 0.6) is 0 Å². The second-order valence-electron chi connectivity index (χ2n) is 5.03. The molecule has 0 unspecified atom stereocenters. The molecule has 0 amide bonds. The second-order valence-corrected chi connectivity index (χ2v) is 5.03. The molecule has 0 saturated heterocycles. The SMILES string of the molecule is Cc1c(C)n(-c2ccc(C(F)(F)F)cc2)c2c[c]ccc12. The molecule has 0 saturated carbocycles. The fourth-order valence-electron chi connectivity index (χ4n) is 2.60. The molecule has 3 aromatic rings. The molecule has 3 rings (SSSR count). The van der Waals surface area contributed by atoms with Gasteiger partial charge in [0.05, 0.1) is 11.1 Å². The smallest absolute Gasteiger partial charge is 0.314 e. The van der Waals surface area contributed by atoms with Gasteiger partial charge in [0.1, 0.15) is 0 Å². The monoisotopic (exact) mass is 288 g/mol. The number of halogens is 3. The number of benzene rings is 2. The van der Waals surface area contributed by atoms with Crippen LogP contribution in [0, 0.1) is 19.9 Å². The highest BCUT2D eigenvalue weighted by Gasteiger charge is 2.30. The molecule has 0 spiro atoms. The molecule has 1 heterocycles. The van der Waals surface area contributed by atoms with Crippen LogP contribution in [0.25, 0.3) is 16.6 Å². The van der Waals surface area contributed by atoms with Crippen molar-refractivity contribution in [3.05, 3.63) is 65.4 Å². The predicted octanol–water partition coefficient (Wildman–Crippen LogP) is 5.07. The van der Waals surface area contributed by atoms with Gasteiger partial charge in [-0.1, -0.05) is 12.1 Å². The van der Waals surface area contributed by atoms with E-state index in [1.54, 1.807) is 0 Å². The van der Waals surface area contributed by atoms with E-state index in [1.807, 2.05) is 36.6 Å². The van der Waals surface area contributed by atoms with Crippen LogP contribution in [0.1, 0.15) is 16.8 Å². The third-order valence-corrected chi connectivity index (χ3v) is 3.82. The molecule has 0 aliphatic carbocycles. The molecule has 0 aliphatic heterocycles. The van der Waals surface area contributed by atoms with E-state index in [0.29, 0.717) is 0 Å². The Morgan fingerprint density at radius 2 is 1.67 bits per heavy atom. The summed E-state index contributed by atoms with van der Waals surface area (Å²) in [7, 11) is 0. The van der Waals surface area contributed by atoms with Crippen LogP contribution in [0.2, 0.25) is 0 Å². The molecule has 0 fully saturated rings. The molecule has 0 atom stereocenters. The third kappa shape index (κ3) is 2.20. The summed E-state index contributed by atoms with van der Waals surface area (Å²) < 4.78 is 39.9. The minimum Gasteiger partial charge on any atom is -0.314 e. The van der Waals surface area contributed by atoms with E-state index in [4.69, 9.17) is 0 Å². The zero-order valence-corrected chi connectivity index (χ0v) is 11.6. The van der Waals surface area contributed by atoms with Crippen LogP contribution in [-0.4, -0.2) is 4.57 Å². The molecule has 4 heteroatoms. The van der Waals surface area contributed by atoms with E-state index >= 15 is 0 Å². The molecular formula is C17H13F3N. The van der Waals surface area contributed by atoms with Crippen LogP contribution in [-0.2, 0) is 6.18 Å². The Bertz CT molecular complexity index is 795. The Morgan fingerprint density at radius 3 is 2.29 bits per heavy atom. The van der Waals surface area contributed by atoms with Gasteiger partial charge in [0.15, 0.2) is 0 Å². The van der Waals surface area contributed by atoms with Crippen LogP contribution in [0.15, 0.2) is 42.5 Å². The summed E-state index contributed by atoms with van der Waals surface area (Å²) in [6.07, 6.45) is -4.31. The van der Waals surface area contributed by atoms with Gasteiger partial charge in [0.2, 0.25) is 0 Å². The summed E-state index contributed by atoms with van der Waals surface area (Å²) in [6, 6.07) is 13.9. The molecule has 1 nitrogen and oxygen atoms in total. The number of alkyl halides is 3. The summed E-state index contributed by atoms with van der Waals surface area (Å²) in [4.78, 5) is 0. The Labute approximate surface area is 120 Å². The highest BCUT2D eigenvalue weighted by atomic mass is 19.4. The zero-order chi connectivity index (χ0) is 15.2. The minimum atomic E-state index is -4.31. The van der Waals surface area contributed by atoms with Crippen LogP contribution >= 0.6 is 0 Å². The van der Waals surface area contributed by atoms with Gasteiger partial charge in [-0.05, 0) is 55.8 Å². The van der Waals surface area contributed by atoms with Gasteiger partial charge in [-0.15, -0.1) is 0 Å². The van der Waals surface area contributed by atoms with Crippen molar-refractivity contribution in [2.24, 2.45) is 0 Å². The van der Waals surface area contributed by atoms with Crippen molar-refractivity contribution in [1.29, 1.82) is 0 Å². The lowest BCUT2D eigenvalue weighted by Gasteiger charge is -2.11. The summed E-state index contributed by atoms with van der Waals surface area (Å²) >= 11 is 0. The summed E-state index contributed by atoms with van der Waals surface area (Å²) in [5, 5.41) is 1.09. The van der Waals surface area contributed by atoms with Gasteiger partial charge in [0.25, 0.3) is 0 Å². The van der Waals surface area contributed by atoms with E-state index in [9.17, 15) is 13.2 Å². The highest BCUT2D eigenvalue weighted by Crippen LogP contribution is 2.32. The maximum Gasteiger partial charge on any atom is 0.416 e. The first kappa shape index (κ1) is 13.7. The average Bonchev–Trinajstić information content (AvgIpc) is 2.71.